The van der Waals surface area contributed by atoms with Crippen molar-refractivity contribution < 1.29 is 22.4 Å². The maximum atomic E-state index is 14.1. The van der Waals surface area contributed by atoms with Gasteiger partial charge in [-0.2, -0.15) is 13.2 Å². The van der Waals surface area contributed by atoms with Gasteiger partial charge in [0.15, 0.2) is 0 Å². The number of hydrogen-bond acceptors (Lipinski definition) is 1. The van der Waals surface area contributed by atoms with Gasteiger partial charge in [-0.3, -0.25) is 4.79 Å². The predicted molar refractivity (Wildman–Crippen MR) is 65.9 cm³/mol. The number of rotatable bonds is 2. The SMILES string of the molecule is Cc1c(C(N)=O)cc(C2CCCC2)c(C(F)(F)F)c1F. The van der Waals surface area contributed by atoms with Crippen molar-refractivity contribution in [2.24, 2.45) is 5.73 Å². The van der Waals surface area contributed by atoms with E-state index in [9.17, 15) is 22.4 Å². The molecule has 0 radical (unpaired) electrons. The lowest BCUT2D eigenvalue weighted by atomic mass is 9.88. The van der Waals surface area contributed by atoms with E-state index in [1.165, 1.54) is 0 Å². The average Bonchev–Trinajstić information content (AvgIpc) is 2.83. The first-order valence-corrected chi connectivity index (χ1v) is 6.43. The number of nitrogens with two attached hydrogens (primary N) is 1. The number of hydrogen-bond donors (Lipinski definition) is 1. The van der Waals surface area contributed by atoms with Crippen LogP contribution in [0.5, 0.6) is 0 Å². The van der Waals surface area contributed by atoms with E-state index < -0.39 is 23.5 Å². The van der Waals surface area contributed by atoms with E-state index in [1.807, 2.05) is 0 Å². The summed E-state index contributed by atoms with van der Waals surface area (Å²) in [5.74, 6) is -2.65. The molecule has 20 heavy (non-hydrogen) atoms. The van der Waals surface area contributed by atoms with E-state index in [0.29, 0.717) is 12.8 Å². The number of halogens is 4. The average molecular weight is 289 g/mol. The standard InChI is InChI=1S/C14H15F4NO/c1-7-9(13(19)20)6-10(8-4-2-3-5-8)11(12(7)15)14(16,17)18/h6,8H,2-5H2,1H3,(H2,19,20). The molecule has 0 aliphatic heterocycles. The Morgan fingerprint density at radius 2 is 1.85 bits per heavy atom. The van der Waals surface area contributed by atoms with E-state index in [4.69, 9.17) is 5.73 Å². The molecule has 0 bridgehead atoms. The molecule has 1 saturated carbocycles. The van der Waals surface area contributed by atoms with Crippen LogP contribution in [0.25, 0.3) is 0 Å². The Hall–Kier alpha value is -1.59. The normalized spacial score (nSPS) is 16.6. The van der Waals surface area contributed by atoms with Crippen molar-refractivity contribution >= 4 is 5.91 Å². The van der Waals surface area contributed by atoms with Crippen LogP contribution in [-0.2, 0) is 6.18 Å². The molecule has 2 nitrogen and oxygen atoms in total. The van der Waals surface area contributed by atoms with Gasteiger partial charge < -0.3 is 5.73 Å². The number of carbonyl (C=O) groups is 1. The van der Waals surface area contributed by atoms with E-state index >= 15 is 0 Å². The van der Waals surface area contributed by atoms with Gasteiger partial charge in [-0.25, -0.2) is 4.39 Å². The highest BCUT2D eigenvalue weighted by atomic mass is 19.4. The number of amides is 1. The second-order valence-corrected chi connectivity index (χ2v) is 5.17. The van der Waals surface area contributed by atoms with Gasteiger partial charge in [-0.05, 0) is 42.9 Å². The number of alkyl halides is 3. The third-order valence-corrected chi connectivity index (χ3v) is 3.89. The lowest BCUT2D eigenvalue weighted by molar-refractivity contribution is -0.140. The van der Waals surface area contributed by atoms with Crippen LogP contribution in [0.2, 0.25) is 0 Å². The highest BCUT2D eigenvalue weighted by molar-refractivity contribution is 5.94. The second-order valence-electron chi connectivity index (χ2n) is 5.17. The molecule has 0 saturated heterocycles. The van der Waals surface area contributed by atoms with Crippen molar-refractivity contribution in [3.05, 3.63) is 34.1 Å². The molecule has 0 aromatic heterocycles. The van der Waals surface area contributed by atoms with Gasteiger partial charge >= 0.3 is 6.18 Å². The Labute approximate surface area is 114 Å². The first-order valence-electron chi connectivity index (χ1n) is 6.43. The third kappa shape index (κ3) is 2.51. The number of primary amides is 1. The lowest BCUT2D eigenvalue weighted by Crippen LogP contribution is -2.20. The lowest BCUT2D eigenvalue weighted by Gasteiger charge is -2.21. The van der Waals surface area contributed by atoms with Gasteiger partial charge in [0, 0.05) is 5.56 Å². The molecule has 110 valence electrons. The van der Waals surface area contributed by atoms with Gasteiger partial charge in [0.2, 0.25) is 5.91 Å². The van der Waals surface area contributed by atoms with E-state index in [1.54, 1.807) is 0 Å². The topological polar surface area (TPSA) is 43.1 Å². The third-order valence-electron chi connectivity index (χ3n) is 3.89. The molecule has 0 atom stereocenters. The zero-order chi connectivity index (χ0) is 15.1. The van der Waals surface area contributed by atoms with Crippen molar-refractivity contribution in [2.45, 2.75) is 44.7 Å². The molecule has 1 aromatic carbocycles. The van der Waals surface area contributed by atoms with Gasteiger partial charge in [-0.15, -0.1) is 0 Å². The van der Waals surface area contributed by atoms with Crippen molar-refractivity contribution in [2.75, 3.05) is 0 Å². The predicted octanol–water partition coefficient (Wildman–Crippen LogP) is 3.91. The van der Waals surface area contributed by atoms with Gasteiger partial charge in [0.25, 0.3) is 0 Å². The van der Waals surface area contributed by atoms with Crippen LogP contribution in [0, 0.1) is 12.7 Å². The quantitative estimate of drug-likeness (QED) is 0.824. The summed E-state index contributed by atoms with van der Waals surface area (Å²) in [6, 6.07) is 1.12. The van der Waals surface area contributed by atoms with Crippen LogP contribution < -0.4 is 5.73 Å². The highest BCUT2D eigenvalue weighted by Gasteiger charge is 2.40. The van der Waals surface area contributed by atoms with Gasteiger partial charge in [0.05, 0.1) is 5.56 Å². The summed E-state index contributed by atoms with van der Waals surface area (Å²) in [6.07, 6.45) is -2.01. The van der Waals surface area contributed by atoms with Gasteiger partial charge in [-0.1, -0.05) is 12.8 Å². The fraction of sp³-hybridized carbons (Fsp3) is 0.500. The minimum atomic E-state index is -4.77. The summed E-state index contributed by atoms with van der Waals surface area (Å²) in [6.45, 7) is 1.14. The second kappa shape index (κ2) is 5.07. The smallest absolute Gasteiger partial charge is 0.366 e. The fourth-order valence-electron chi connectivity index (χ4n) is 2.87. The zero-order valence-electron chi connectivity index (χ0n) is 11.0. The molecular formula is C14H15F4NO. The van der Waals surface area contributed by atoms with E-state index in [-0.39, 0.29) is 22.6 Å². The summed E-state index contributed by atoms with van der Waals surface area (Å²) < 4.78 is 53.5. The summed E-state index contributed by atoms with van der Waals surface area (Å²) in [7, 11) is 0. The Bertz CT molecular complexity index is 545. The summed E-state index contributed by atoms with van der Waals surface area (Å²) in [5, 5.41) is 0. The minimum absolute atomic E-state index is 0.132. The largest absolute Gasteiger partial charge is 0.419 e. The minimum Gasteiger partial charge on any atom is -0.366 e. The van der Waals surface area contributed by atoms with Crippen molar-refractivity contribution in [3.63, 3.8) is 0 Å². The summed E-state index contributed by atoms with van der Waals surface area (Å²) in [4.78, 5) is 11.3. The maximum absolute atomic E-state index is 14.1. The monoisotopic (exact) mass is 289 g/mol. The summed E-state index contributed by atoms with van der Waals surface area (Å²) in [5.41, 5.74) is 3.24. The van der Waals surface area contributed by atoms with Crippen LogP contribution in [-0.4, -0.2) is 5.91 Å². The van der Waals surface area contributed by atoms with E-state index in [2.05, 4.69) is 0 Å². The molecule has 1 aromatic rings. The Morgan fingerprint density at radius 1 is 1.30 bits per heavy atom. The van der Waals surface area contributed by atoms with Crippen molar-refractivity contribution in [3.8, 4) is 0 Å². The van der Waals surface area contributed by atoms with Crippen LogP contribution in [0.3, 0.4) is 0 Å². The number of benzene rings is 1. The van der Waals surface area contributed by atoms with E-state index in [0.717, 1.165) is 25.8 Å². The summed E-state index contributed by atoms with van der Waals surface area (Å²) >= 11 is 0. The van der Waals surface area contributed by atoms with Crippen molar-refractivity contribution in [1.29, 1.82) is 0 Å². The molecular weight excluding hydrogens is 274 g/mol. The Balaban J connectivity index is 2.70. The fourth-order valence-corrected chi connectivity index (χ4v) is 2.87. The van der Waals surface area contributed by atoms with Crippen LogP contribution >= 0.6 is 0 Å². The zero-order valence-corrected chi connectivity index (χ0v) is 11.0. The highest BCUT2D eigenvalue weighted by Crippen LogP contribution is 2.44. The van der Waals surface area contributed by atoms with Crippen molar-refractivity contribution in [1.82, 2.24) is 0 Å². The molecule has 2 rings (SSSR count). The molecule has 1 fully saturated rings. The van der Waals surface area contributed by atoms with Gasteiger partial charge in [0.1, 0.15) is 5.82 Å². The van der Waals surface area contributed by atoms with Crippen LogP contribution in [0.4, 0.5) is 17.6 Å². The molecule has 1 aliphatic rings. The molecule has 6 heteroatoms. The first-order chi connectivity index (χ1) is 9.23. The van der Waals surface area contributed by atoms with Crippen LogP contribution in [0.15, 0.2) is 6.07 Å². The molecule has 0 heterocycles. The maximum Gasteiger partial charge on any atom is 0.419 e. The first kappa shape index (κ1) is 14.8. The molecule has 2 N–H and O–H groups in total. The molecule has 1 aliphatic carbocycles. The molecule has 1 amide bonds. The van der Waals surface area contributed by atoms with Crippen LogP contribution in [0.1, 0.15) is 58.6 Å². The molecule has 0 spiro atoms. The Kier molecular flexibility index (Phi) is 3.75. The molecule has 0 unspecified atom stereocenters. The Morgan fingerprint density at radius 3 is 2.30 bits per heavy atom. The number of carbonyl (C=O) groups excluding carboxylic acids is 1.